The number of benzene rings is 1. The van der Waals surface area contributed by atoms with Gasteiger partial charge in [-0.3, -0.25) is 0 Å². The van der Waals surface area contributed by atoms with Crippen molar-refractivity contribution in [1.82, 2.24) is 0 Å². The van der Waals surface area contributed by atoms with Crippen LogP contribution in [0.1, 0.15) is 6.92 Å². The molecule has 0 aliphatic rings. The predicted molar refractivity (Wildman–Crippen MR) is 56.4 cm³/mol. The summed E-state index contributed by atoms with van der Waals surface area (Å²) in [6, 6.07) is 9.78. The maximum Gasteiger partial charge on any atom is 0.119 e. The van der Waals surface area contributed by atoms with Crippen LogP contribution in [0, 0.1) is 0 Å². The largest absolute Gasteiger partial charge is 0.491 e. The zero-order valence-corrected chi connectivity index (χ0v) is 8.48. The fraction of sp³-hybridized carbons (Fsp3) is 0.455. The van der Waals surface area contributed by atoms with E-state index in [1.54, 1.807) is 0 Å². The Morgan fingerprint density at radius 2 is 1.93 bits per heavy atom. The van der Waals surface area contributed by atoms with Gasteiger partial charge in [0.1, 0.15) is 12.4 Å². The molecule has 2 N–H and O–H groups in total. The second kappa shape index (κ2) is 6.40. The van der Waals surface area contributed by atoms with Gasteiger partial charge in [0.15, 0.2) is 0 Å². The van der Waals surface area contributed by atoms with E-state index in [0.717, 1.165) is 5.75 Å². The lowest BCUT2D eigenvalue weighted by Gasteiger charge is -2.08. The average molecular weight is 195 g/mol. The minimum Gasteiger partial charge on any atom is -0.491 e. The van der Waals surface area contributed by atoms with E-state index in [2.05, 4.69) is 0 Å². The van der Waals surface area contributed by atoms with Crippen LogP contribution in [-0.4, -0.2) is 25.9 Å². The molecule has 0 fully saturated rings. The molecular weight excluding hydrogens is 178 g/mol. The van der Waals surface area contributed by atoms with Gasteiger partial charge in [-0.05, 0) is 19.1 Å². The number of para-hydroxylation sites is 1. The van der Waals surface area contributed by atoms with Crippen molar-refractivity contribution >= 4 is 0 Å². The molecule has 1 rings (SSSR count). The van der Waals surface area contributed by atoms with E-state index < -0.39 is 0 Å². The van der Waals surface area contributed by atoms with Crippen molar-refractivity contribution in [3.63, 3.8) is 0 Å². The highest BCUT2D eigenvalue weighted by Gasteiger charge is 1.94. The van der Waals surface area contributed by atoms with E-state index in [1.165, 1.54) is 0 Å². The molecule has 0 unspecified atom stereocenters. The molecule has 1 atom stereocenters. The lowest BCUT2D eigenvalue weighted by atomic mass is 10.3. The third-order valence-electron chi connectivity index (χ3n) is 1.62. The second-order valence-corrected chi connectivity index (χ2v) is 3.21. The maximum atomic E-state index is 5.52. The Morgan fingerprint density at radius 3 is 2.57 bits per heavy atom. The van der Waals surface area contributed by atoms with Crippen LogP contribution in [0.5, 0.6) is 5.75 Å². The van der Waals surface area contributed by atoms with E-state index in [0.29, 0.717) is 19.8 Å². The van der Waals surface area contributed by atoms with Crippen LogP contribution in [0.15, 0.2) is 30.3 Å². The summed E-state index contributed by atoms with van der Waals surface area (Å²) in [6.45, 7) is 3.64. The van der Waals surface area contributed by atoms with Crippen molar-refractivity contribution in [3.05, 3.63) is 30.3 Å². The topological polar surface area (TPSA) is 44.5 Å². The molecule has 0 spiro atoms. The molecule has 0 heterocycles. The smallest absolute Gasteiger partial charge is 0.119 e. The standard InChI is InChI=1S/C11H17NO2/c1-10(12)9-13-7-8-14-11-5-3-2-4-6-11/h2-6,10H,7-9,12H2,1H3/t10-/m1/s1. The highest BCUT2D eigenvalue weighted by molar-refractivity contribution is 5.20. The fourth-order valence-corrected chi connectivity index (χ4v) is 1.00. The van der Waals surface area contributed by atoms with Crippen LogP contribution >= 0.6 is 0 Å². The normalized spacial score (nSPS) is 12.4. The molecule has 3 heteroatoms. The second-order valence-electron chi connectivity index (χ2n) is 3.21. The number of nitrogens with two attached hydrogens (primary N) is 1. The van der Waals surface area contributed by atoms with Gasteiger partial charge in [-0.25, -0.2) is 0 Å². The summed E-state index contributed by atoms with van der Waals surface area (Å²) >= 11 is 0. The fourth-order valence-electron chi connectivity index (χ4n) is 1.00. The van der Waals surface area contributed by atoms with Gasteiger partial charge in [0.25, 0.3) is 0 Å². The maximum absolute atomic E-state index is 5.52. The summed E-state index contributed by atoms with van der Waals surface area (Å²) in [4.78, 5) is 0. The van der Waals surface area contributed by atoms with Crippen molar-refractivity contribution in [2.24, 2.45) is 5.73 Å². The Balaban J connectivity index is 2.05. The summed E-state index contributed by atoms with van der Waals surface area (Å²) in [5.41, 5.74) is 5.52. The number of ether oxygens (including phenoxy) is 2. The first-order chi connectivity index (χ1) is 6.79. The summed E-state index contributed by atoms with van der Waals surface area (Å²) in [6.07, 6.45) is 0. The molecule has 3 nitrogen and oxygen atoms in total. The third-order valence-corrected chi connectivity index (χ3v) is 1.62. The van der Waals surface area contributed by atoms with E-state index >= 15 is 0 Å². The SMILES string of the molecule is C[C@@H](N)COCCOc1ccccc1. The Bertz CT molecular complexity index is 236. The minimum absolute atomic E-state index is 0.0896. The van der Waals surface area contributed by atoms with E-state index in [-0.39, 0.29) is 6.04 Å². The van der Waals surface area contributed by atoms with Crippen LogP contribution < -0.4 is 10.5 Å². The molecule has 14 heavy (non-hydrogen) atoms. The Kier molecular flexibility index (Phi) is 5.04. The summed E-state index contributed by atoms with van der Waals surface area (Å²) in [5, 5.41) is 0. The average Bonchev–Trinajstić information content (AvgIpc) is 2.18. The van der Waals surface area contributed by atoms with Gasteiger partial charge in [-0.1, -0.05) is 18.2 Å². The molecule has 1 aromatic rings. The molecular formula is C11H17NO2. The lowest BCUT2D eigenvalue weighted by Crippen LogP contribution is -2.23. The number of hydrogen-bond donors (Lipinski definition) is 1. The van der Waals surface area contributed by atoms with Crippen molar-refractivity contribution in [2.45, 2.75) is 13.0 Å². The van der Waals surface area contributed by atoms with Crippen LogP contribution in [0.2, 0.25) is 0 Å². The highest BCUT2D eigenvalue weighted by atomic mass is 16.5. The van der Waals surface area contributed by atoms with Gasteiger partial charge in [-0.2, -0.15) is 0 Å². The molecule has 0 saturated heterocycles. The Morgan fingerprint density at radius 1 is 1.21 bits per heavy atom. The van der Waals surface area contributed by atoms with E-state index in [4.69, 9.17) is 15.2 Å². The molecule has 0 bridgehead atoms. The molecule has 0 saturated carbocycles. The highest BCUT2D eigenvalue weighted by Crippen LogP contribution is 2.07. The zero-order chi connectivity index (χ0) is 10.2. The van der Waals surface area contributed by atoms with E-state index in [1.807, 2.05) is 37.3 Å². The zero-order valence-electron chi connectivity index (χ0n) is 8.48. The summed E-state index contributed by atoms with van der Waals surface area (Å²) < 4.78 is 10.7. The van der Waals surface area contributed by atoms with Crippen molar-refractivity contribution < 1.29 is 9.47 Å². The monoisotopic (exact) mass is 195 g/mol. The predicted octanol–water partition coefficient (Wildman–Crippen LogP) is 1.43. The van der Waals surface area contributed by atoms with Gasteiger partial charge < -0.3 is 15.2 Å². The first-order valence-electron chi connectivity index (χ1n) is 4.80. The van der Waals surface area contributed by atoms with Crippen LogP contribution in [-0.2, 0) is 4.74 Å². The van der Waals surface area contributed by atoms with Crippen molar-refractivity contribution in [1.29, 1.82) is 0 Å². The van der Waals surface area contributed by atoms with Gasteiger partial charge >= 0.3 is 0 Å². The van der Waals surface area contributed by atoms with Gasteiger partial charge in [0.05, 0.1) is 13.2 Å². The molecule has 1 aromatic carbocycles. The molecule has 0 aliphatic carbocycles. The quantitative estimate of drug-likeness (QED) is 0.698. The number of rotatable bonds is 6. The van der Waals surface area contributed by atoms with Crippen molar-refractivity contribution in [3.8, 4) is 5.75 Å². The first-order valence-corrected chi connectivity index (χ1v) is 4.80. The molecule has 0 radical (unpaired) electrons. The molecule has 78 valence electrons. The Hall–Kier alpha value is -1.06. The van der Waals surface area contributed by atoms with Crippen molar-refractivity contribution in [2.75, 3.05) is 19.8 Å². The van der Waals surface area contributed by atoms with Crippen LogP contribution in [0.25, 0.3) is 0 Å². The Labute approximate surface area is 84.8 Å². The molecule has 0 aliphatic heterocycles. The third kappa shape index (κ3) is 4.84. The summed E-state index contributed by atoms with van der Waals surface area (Å²) in [5.74, 6) is 0.872. The molecule has 0 aromatic heterocycles. The first kappa shape index (κ1) is 11.0. The summed E-state index contributed by atoms with van der Waals surface area (Å²) in [7, 11) is 0. The molecule has 0 amide bonds. The van der Waals surface area contributed by atoms with Gasteiger partial charge in [-0.15, -0.1) is 0 Å². The van der Waals surface area contributed by atoms with Crippen LogP contribution in [0.4, 0.5) is 0 Å². The number of hydrogen-bond acceptors (Lipinski definition) is 3. The minimum atomic E-state index is 0.0896. The lowest BCUT2D eigenvalue weighted by molar-refractivity contribution is 0.0931. The van der Waals surface area contributed by atoms with Crippen LogP contribution in [0.3, 0.4) is 0 Å². The van der Waals surface area contributed by atoms with E-state index in [9.17, 15) is 0 Å². The van der Waals surface area contributed by atoms with Gasteiger partial charge in [0, 0.05) is 6.04 Å². The van der Waals surface area contributed by atoms with Gasteiger partial charge in [0.2, 0.25) is 0 Å².